The van der Waals surface area contributed by atoms with Crippen molar-refractivity contribution < 1.29 is 9.53 Å². The number of anilines is 1. The van der Waals surface area contributed by atoms with Gasteiger partial charge in [0.15, 0.2) is 0 Å². The SMILES string of the molecule is O=Cc1ccc2c(-c3ccc(N4CCOCC4)nc3)n[nH]c2c1. The van der Waals surface area contributed by atoms with Crippen LogP contribution in [0.3, 0.4) is 0 Å². The minimum absolute atomic E-state index is 0.633. The van der Waals surface area contributed by atoms with Gasteiger partial charge in [-0.2, -0.15) is 5.10 Å². The molecule has 6 nitrogen and oxygen atoms in total. The minimum atomic E-state index is 0.633. The number of benzene rings is 1. The quantitative estimate of drug-likeness (QED) is 0.752. The summed E-state index contributed by atoms with van der Waals surface area (Å²) in [5.41, 5.74) is 3.28. The monoisotopic (exact) mass is 308 g/mol. The number of aldehydes is 1. The van der Waals surface area contributed by atoms with Crippen molar-refractivity contribution in [1.29, 1.82) is 0 Å². The van der Waals surface area contributed by atoms with E-state index in [1.165, 1.54) is 0 Å². The Morgan fingerprint density at radius 1 is 1.17 bits per heavy atom. The van der Waals surface area contributed by atoms with Crippen LogP contribution in [0.1, 0.15) is 10.4 Å². The van der Waals surface area contributed by atoms with Crippen molar-refractivity contribution in [3.05, 3.63) is 42.1 Å². The average Bonchev–Trinajstić information content (AvgIpc) is 3.05. The van der Waals surface area contributed by atoms with Crippen molar-refractivity contribution in [3.8, 4) is 11.3 Å². The first-order valence-corrected chi connectivity index (χ1v) is 7.57. The number of carbonyl (C=O) groups is 1. The summed E-state index contributed by atoms with van der Waals surface area (Å²) in [6.45, 7) is 3.22. The van der Waals surface area contributed by atoms with E-state index < -0.39 is 0 Å². The number of nitrogens with zero attached hydrogens (tertiary/aromatic N) is 3. The van der Waals surface area contributed by atoms with Gasteiger partial charge in [0, 0.05) is 35.8 Å². The van der Waals surface area contributed by atoms with E-state index >= 15 is 0 Å². The molecule has 0 amide bonds. The van der Waals surface area contributed by atoms with E-state index in [-0.39, 0.29) is 0 Å². The summed E-state index contributed by atoms with van der Waals surface area (Å²) < 4.78 is 5.36. The summed E-state index contributed by atoms with van der Waals surface area (Å²) in [6.07, 6.45) is 2.67. The topological polar surface area (TPSA) is 71.1 Å². The number of H-pyrrole nitrogens is 1. The number of aromatic amines is 1. The molecule has 1 aliphatic rings. The third kappa shape index (κ3) is 2.57. The number of morpholine rings is 1. The highest BCUT2D eigenvalue weighted by molar-refractivity contribution is 5.95. The van der Waals surface area contributed by atoms with Crippen LogP contribution in [-0.4, -0.2) is 47.8 Å². The predicted molar refractivity (Wildman–Crippen MR) is 87.7 cm³/mol. The predicted octanol–water partition coefficient (Wildman–Crippen LogP) is 2.27. The highest BCUT2D eigenvalue weighted by Crippen LogP contribution is 2.27. The zero-order valence-electron chi connectivity index (χ0n) is 12.5. The van der Waals surface area contributed by atoms with Crippen LogP contribution in [-0.2, 0) is 4.74 Å². The molecule has 2 aromatic heterocycles. The van der Waals surface area contributed by atoms with Gasteiger partial charge < -0.3 is 9.64 Å². The zero-order valence-corrected chi connectivity index (χ0v) is 12.5. The Hall–Kier alpha value is -2.73. The second kappa shape index (κ2) is 5.81. The minimum Gasteiger partial charge on any atom is -0.378 e. The Bertz CT molecular complexity index is 835. The Labute approximate surface area is 133 Å². The first kappa shape index (κ1) is 13.9. The smallest absolute Gasteiger partial charge is 0.150 e. The molecule has 116 valence electrons. The number of carbonyl (C=O) groups excluding carboxylic acids is 1. The molecule has 0 saturated carbocycles. The Kier molecular flexibility index (Phi) is 3.51. The van der Waals surface area contributed by atoms with Crippen molar-refractivity contribution in [2.24, 2.45) is 0 Å². The van der Waals surface area contributed by atoms with Gasteiger partial charge in [-0.15, -0.1) is 0 Å². The molecule has 0 unspecified atom stereocenters. The highest BCUT2D eigenvalue weighted by atomic mass is 16.5. The summed E-state index contributed by atoms with van der Waals surface area (Å²) in [4.78, 5) is 17.6. The third-order valence-corrected chi connectivity index (χ3v) is 4.08. The van der Waals surface area contributed by atoms with Crippen LogP contribution in [0, 0.1) is 0 Å². The van der Waals surface area contributed by atoms with E-state index in [4.69, 9.17) is 4.74 Å². The Morgan fingerprint density at radius 2 is 2.04 bits per heavy atom. The molecule has 4 rings (SSSR count). The molecule has 0 atom stereocenters. The molecule has 3 heterocycles. The van der Waals surface area contributed by atoms with E-state index in [0.29, 0.717) is 5.56 Å². The van der Waals surface area contributed by atoms with Crippen LogP contribution in [0.25, 0.3) is 22.2 Å². The molecule has 1 saturated heterocycles. The largest absolute Gasteiger partial charge is 0.378 e. The van der Waals surface area contributed by atoms with E-state index in [1.807, 2.05) is 24.4 Å². The summed E-state index contributed by atoms with van der Waals surface area (Å²) in [5, 5.41) is 8.33. The maximum atomic E-state index is 10.9. The fourth-order valence-corrected chi connectivity index (χ4v) is 2.84. The Balaban J connectivity index is 1.66. The van der Waals surface area contributed by atoms with Crippen LogP contribution in [0.2, 0.25) is 0 Å². The number of hydrogen-bond donors (Lipinski definition) is 1. The van der Waals surface area contributed by atoms with Crippen LogP contribution in [0.15, 0.2) is 36.5 Å². The number of hydrogen-bond acceptors (Lipinski definition) is 5. The summed E-state index contributed by atoms with van der Waals surface area (Å²) in [6, 6.07) is 9.55. The molecular formula is C17H16N4O2. The van der Waals surface area contributed by atoms with E-state index in [1.54, 1.807) is 12.1 Å². The third-order valence-electron chi connectivity index (χ3n) is 4.08. The lowest BCUT2D eigenvalue weighted by Crippen LogP contribution is -2.36. The van der Waals surface area contributed by atoms with Crippen molar-refractivity contribution in [2.75, 3.05) is 31.2 Å². The maximum Gasteiger partial charge on any atom is 0.150 e. The molecule has 1 aromatic carbocycles. The molecule has 0 bridgehead atoms. The first-order valence-electron chi connectivity index (χ1n) is 7.57. The second-order valence-electron chi connectivity index (χ2n) is 5.50. The molecule has 1 fully saturated rings. The highest BCUT2D eigenvalue weighted by Gasteiger charge is 2.13. The average molecular weight is 308 g/mol. The number of aromatic nitrogens is 3. The Morgan fingerprint density at radius 3 is 2.78 bits per heavy atom. The number of pyridine rings is 1. The summed E-state index contributed by atoms with van der Waals surface area (Å²) in [7, 11) is 0. The molecule has 1 aliphatic heterocycles. The molecule has 23 heavy (non-hydrogen) atoms. The van der Waals surface area contributed by atoms with Crippen LogP contribution in [0.4, 0.5) is 5.82 Å². The van der Waals surface area contributed by atoms with Crippen molar-refractivity contribution in [3.63, 3.8) is 0 Å². The number of ether oxygens (including phenoxy) is 1. The standard InChI is InChI=1S/C17H16N4O2/c22-11-12-1-3-14-15(9-12)19-20-17(14)13-2-4-16(18-10-13)21-5-7-23-8-6-21/h1-4,9-11H,5-8H2,(H,19,20). The zero-order chi connectivity index (χ0) is 15.6. The van der Waals surface area contributed by atoms with Crippen LogP contribution in [0.5, 0.6) is 0 Å². The number of nitrogens with one attached hydrogen (secondary N) is 1. The normalized spacial score (nSPS) is 15.0. The second-order valence-corrected chi connectivity index (χ2v) is 5.50. The molecule has 6 heteroatoms. The molecule has 0 spiro atoms. The lowest BCUT2D eigenvalue weighted by molar-refractivity contribution is 0.112. The van der Waals surface area contributed by atoms with Gasteiger partial charge in [-0.1, -0.05) is 6.07 Å². The van der Waals surface area contributed by atoms with E-state index in [0.717, 1.165) is 60.6 Å². The van der Waals surface area contributed by atoms with Gasteiger partial charge in [-0.25, -0.2) is 4.98 Å². The molecule has 1 N–H and O–H groups in total. The number of rotatable bonds is 3. The van der Waals surface area contributed by atoms with Gasteiger partial charge in [0.25, 0.3) is 0 Å². The van der Waals surface area contributed by atoms with E-state index in [9.17, 15) is 4.79 Å². The van der Waals surface area contributed by atoms with Gasteiger partial charge in [-0.05, 0) is 24.3 Å². The number of fused-ring (bicyclic) bond motifs is 1. The first-order chi connectivity index (χ1) is 11.3. The van der Waals surface area contributed by atoms with Crippen molar-refractivity contribution in [2.45, 2.75) is 0 Å². The van der Waals surface area contributed by atoms with Crippen LogP contribution < -0.4 is 4.90 Å². The van der Waals surface area contributed by atoms with Crippen molar-refractivity contribution >= 4 is 23.0 Å². The van der Waals surface area contributed by atoms with Gasteiger partial charge in [0.05, 0.1) is 18.7 Å². The molecule has 0 aliphatic carbocycles. The fraction of sp³-hybridized carbons (Fsp3) is 0.235. The molecule has 3 aromatic rings. The van der Waals surface area contributed by atoms with Gasteiger partial charge >= 0.3 is 0 Å². The van der Waals surface area contributed by atoms with Gasteiger partial charge in [-0.3, -0.25) is 9.89 Å². The maximum absolute atomic E-state index is 10.9. The van der Waals surface area contributed by atoms with Crippen molar-refractivity contribution in [1.82, 2.24) is 15.2 Å². The lowest BCUT2D eigenvalue weighted by Gasteiger charge is -2.27. The van der Waals surface area contributed by atoms with Crippen LogP contribution >= 0.6 is 0 Å². The fourth-order valence-electron chi connectivity index (χ4n) is 2.84. The van der Waals surface area contributed by atoms with Gasteiger partial charge in [0.1, 0.15) is 17.8 Å². The lowest BCUT2D eigenvalue weighted by atomic mass is 10.1. The summed E-state index contributed by atoms with van der Waals surface area (Å²) in [5.74, 6) is 0.958. The molecular weight excluding hydrogens is 292 g/mol. The molecule has 0 radical (unpaired) electrons. The summed E-state index contributed by atoms with van der Waals surface area (Å²) >= 11 is 0. The van der Waals surface area contributed by atoms with Gasteiger partial charge in [0.2, 0.25) is 0 Å². The van der Waals surface area contributed by atoms with E-state index in [2.05, 4.69) is 20.1 Å².